The Bertz CT molecular complexity index is 1610. The molecule has 0 N–H and O–H groups in total. The molecule has 0 spiro atoms. The number of ether oxygens (including phenoxy) is 3. The summed E-state index contributed by atoms with van der Waals surface area (Å²) in [6.07, 6.45) is 95.7. The standard InChI is InChI=1S/C77H134O6/c1-4-7-10-13-16-19-22-25-28-30-32-33-34-35-36-37-38-39-40-41-42-43-45-46-49-52-55-58-61-64-67-70-76(79)82-73-74(72-81-75(78)69-66-63-60-57-54-51-48-27-24-21-18-15-12-9-6-3)83-77(80)71-68-65-62-59-56-53-50-47-44-31-29-26-23-20-17-14-11-8-5-2/h17-18,20-22,25-27,29-30,32,34-35,44,47-48,74H,4-16,19,23-24,28,31,33,36-43,45-46,49-73H2,1-3H3/b20-17-,21-18-,25-22-,29-26-,32-30-,35-34-,47-44-,48-27-. The summed E-state index contributed by atoms with van der Waals surface area (Å²) in [5.74, 6) is -0.898. The average Bonchev–Trinajstić information content (AvgIpc) is 3.49. The Morgan fingerprint density at radius 3 is 0.699 bits per heavy atom. The predicted molar refractivity (Wildman–Crippen MR) is 362 cm³/mol. The van der Waals surface area contributed by atoms with E-state index in [4.69, 9.17) is 14.2 Å². The van der Waals surface area contributed by atoms with E-state index in [0.29, 0.717) is 19.3 Å². The van der Waals surface area contributed by atoms with Gasteiger partial charge in [0.05, 0.1) is 0 Å². The number of unbranched alkanes of at least 4 members (excludes halogenated alkanes) is 38. The highest BCUT2D eigenvalue weighted by Crippen LogP contribution is 2.17. The molecule has 6 nitrogen and oxygen atoms in total. The molecule has 0 heterocycles. The number of carbonyl (C=O) groups excluding carboxylic acids is 3. The summed E-state index contributed by atoms with van der Waals surface area (Å²) in [7, 11) is 0. The maximum absolute atomic E-state index is 12.9. The van der Waals surface area contributed by atoms with Crippen molar-refractivity contribution in [2.45, 2.75) is 361 Å². The summed E-state index contributed by atoms with van der Waals surface area (Å²) >= 11 is 0. The van der Waals surface area contributed by atoms with Crippen LogP contribution in [0.2, 0.25) is 0 Å². The van der Waals surface area contributed by atoms with E-state index in [1.807, 2.05) is 0 Å². The third-order valence-electron chi connectivity index (χ3n) is 15.5. The minimum Gasteiger partial charge on any atom is -0.462 e. The fraction of sp³-hybridized carbons (Fsp3) is 0.753. The van der Waals surface area contributed by atoms with Gasteiger partial charge in [-0.25, -0.2) is 0 Å². The van der Waals surface area contributed by atoms with Gasteiger partial charge in [0.1, 0.15) is 13.2 Å². The SMILES string of the molecule is CCCCC/C=C\C/C=C\C/C=C\CCCCCCCCC(=O)OC(COC(=O)CCCCCCC/C=C\C/C=C\CCCCC)COC(=O)CCCCCCCCCCCCCCCCCC/C=C\C/C=C\C/C=C\CCCCCCC. The van der Waals surface area contributed by atoms with Gasteiger partial charge in [-0.3, -0.25) is 14.4 Å². The van der Waals surface area contributed by atoms with Crippen LogP contribution in [-0.2, 0) is 28.6 Å². The van der Waals surface area contributed by atoms with Gasteiger partial charge in [0.2, 0.25) is 0 Å². The molecule has 0 aliphatic carbocycles. The van der Waals surface area contributed by atoms with E-state index in [1.54, 1.807) is 0 Å². The second kappa shape index (κ2) is 70.8. The quantitative estimate of drug-likeness (QED) is 0.0261. The Labute approximate surface area is 515 Å². The van der Waals surface area contributed by atoms with Gasteiger partial charge in [0.15, 0.2) is 6.10 Å². The molecule has 478 valence electrons. The third kappa shape index (κ3) is 69.0. The zero-order valence-corrected chi connectivity index (χ0v) is 54.9. The Hall–Kier alpha value is -3.67. The molecule has 0 aliphatic heterocycles. The predicted octanol–water partition coefficient (Wildman–Crippen LogP) is 24.8. The average molecular weight is 1160 g/mol. The summed E-state index contributed by atoms with van der Waals surface area (Å²) in [6.45, 7) is 6.59. The number of esters is 3. The molecule has 0 aromatic heterocycles. The Balaban J connectivity index is 4.27. The van der Waals surface area contributed by atoms with Gasteiger partial charge in [-0.05, 0) is 128 Å². The molecule has 83 heavy (non-hydrogen) atoms. The first-order valence-corrected chi connectivity index (χ1v) is 35.7. The first-order chi connectivity index (χ1) is 41.0. The Morgan fingerprint density at radius 2 is 0.434 bits per heavy atom. The molecule has 0 fully saturated rings. The number of allylic oxidation sites excluding steroid dienone is 16. The molecular weight excluding hydrogens is 1020 g/mol. The largest absolute Gasteiger partial charge is 0.462 e. The molecule has 0 saturated heterocycles. The molecule has 0 bridgehead atoms. The molecule has 0 radical (unpaired) electrons. The summed E-state index contributed by atoms with van der Waals surface area (Å²) in [5, 5.41) is 0. The summed E-state index contributed by atoms with van der Waals surface area (Å²) in [4.78, 5) is 38.4. The first-order valence-electron chi connectivity index (χ1n) is 35.7. The smallest absolute Gasteiger partial charge is 0.306 e. The Kier molecular flexibility index (Phi) is 67.7. The molecule has 0 amide bonds. The van der Waals surface area contributed by atoms with Crippen LogP contribution >= 0.6 is 0 Å². The van der Waals surface area contributed by atoms with Gasteiger partial charge in [-0.15, -0.1) is 0 Å². The van der Waals surface area contributed by atoms with Crippen LogP contribution in [-0.4, -0.2) is 37.2 Å². The summed E-state index contributed by atoms with van der Waals surface area (Å²) in [5.41, 5.74) is 0. The van der Waals surface area contributed by atoms with Crippen molar-refractivity contribution in [2.75, 3.05) is 13.2 Å². The number of rotatable bonds is 65. The third-order valence-corrected chi connectivity index (χ3v) is 15.5. The monoisotopic (exact) mass is 1160 g/mol. The van der Waals surface area contributed by atoms with Crippen LogP contribution in [0.1, 0.15) is 355 Å². The van der Waals surface area contributed by atoms with Gasteiger partial charge < -0.3 is 14.2 Å². The maximum atomic E-state index is 12.9. The van der Waals surface area contributed by atoms with Crippen molar-refractivity contribution in [1.29, 1.82) is 0 Å². The molecule has 6 heteroatoms. The highest BCUT2D eigenvalue weighted by atomic mass is 16.6. The lowest BCUT2D eigenvalue weighted by Gasteiger charge is -2.18. The lowest BCUT2D eigenvalue weighted by molar-refractivity contribution is -0.167. The minimum absolute atomic E-state index is 0.0857. The molecule has 0 aliphatic rings. The second-order valence-corrected chi connectivity index (χ2v) is 23.8. The fourth-order valence-electron chi connectivity index (χ4n) is 10.1. The normalized spacial score (nSPS) is 12.7. The number of hydrogen-bond donors (Lipinski definition) is 0. The van der Waals surface area contributed by atoms with Crippen molar-refractivity contribution < 1.29 is 28.6 Å². The minimum atomic E-state index is -0.792. The van der Waals surface area contributed by atoms with Gasteiger partial charge in [-0.2, -0.15) is 0 Å². The van der Waals surface area contributed by atoms with E-state index in [2.05, 4.69) is 118 Å². The molecule has 0 aromatic carbocycles. The molecule has 1 atom stereocenters. The van der Waals surface area contributed by atoms with Crippen molar-refractivity contribution in [3.8, 4) is 0 Å². The van der Waals surface area contributed by atoms with Crippen molar-refractivity contribution in [2.24, 2.45) is 0 Å². The van der Waals surface area contributed by atoms with E-state index in [9.17, 15) is 14.4 Å². The van der Waals surface area contributed by atoms with Crippen LogP contribution < -0.4 is 0 Å². The van der Waals surface area contributed by atoms with Gasteiger partial charge in [0.25, 0.3) is 0 Å². The van der Waals surface area contributed by atoms with E-state index in [0.717, 1.165) is 116 Å². The maximum Gasteiger partial charge on any atom is 0.306 e. The first kappa shape index (κ1) is 79.3. The van der Waals surface area contributed by atoms with Gasteiger partial charge in [-0.1, -0.05) is 304 Å². The summed E-state index contributed by atoms with van der Waals surface area (Å²) in [6, 6.07) is 0. The molecule has 0 rings (SSSR count). The Morgan fingerprint density at radius 1 is 0.241 bits per heavy atom. The molecule has 0 saturated carbocycles. The highest BCUT2D eigenvalue weighted by molar-refractivity contribution is 5.71. The van der Waals surface area contributed by atoms with E-state index in [-0.39, 0.29) is 31.1 Å². The van der Waals surface area contributed by atoms with E-state index < -0.39 is 6.10 Å². The van der Waals surface area contributed by atoms with Crippen molar-refractivity contribution in [3.05, 3.63) is 97.2 Å². The summed E-state index contributed by atoms with van der Waals surface area (Å²) < 4.78 is 17.0. The number of hydrogen-bond acceptors (Lipinski definition) is 6. The lowest BCUT2D eigenvalue weighted by Crippen LogP contribution is -2.30. The molecule has 1 unspecified atom stereocenters. The lowest BCUT2D eigenvalue weighted by atomic mass is 10.0. The zero-order chi connectivity index (χ0) is 59.9. The highest BCUT2D eigenvalue weighted by Gasteiger charge is 2.19. The van der Waals surface area contributed by atoms with Crippen LogP contribution in [0.15, 0.2) is 97.2 Å². The van der Waals surface area contributed by atoms with Gasteiger partial charge in [0, 0.05) is 19.3 Å². The zero-order valence-electron chi connectivity index (χ0n) is 54.9. The van der Waals surface area contributed by atoms with Gasteiger partial charge >= 0.3 is 17.9 Å². The van der Waals surface area contributed by atoms with E-state index >= 15 is 0 Å². The van der Waals surface area contributed by atoms with Crippen LogP contribution in [0.5, 0.6) is 0 Å². The molecular formula is C77H134O6. The van der Waals surface area contributed by atoms with E-state index in [1.165, 1.54) is 199 Å². The van der Waals surface area contributed by atoms with Crippen LogP contribution in [0.25, 0.3) is 0 Å². The van der Waals surface area contributed by atoms with Crippen LogP contribution in [0.3, 0.4) is 0 Å². The second-order valence-electron chi connectivity index (χ2n) is 23.8. The van der Waals surface area contributed by atoms with Crippen LogP contribution in [0.4, 0.5) is 0 Å². The molecule has 0 aromatic rings. The van der Waals surface area contributed by atoms with Crippen molar-refractivity contribution in [3.63, 3.8) is 0 Å². The van der Waals surface area contributed by atoms with Crippen LogP contribution in [0, 0.1) is 0 Å². The fourth-order valence-corrected chi connectivity index (χ4v) is 10.1. The topological polar surface area (TPSA) is 78.9 Å². The number of carbonyl (C=O) groups is 3. The van der Waals surface area contributed by atoms with Crippen molar-refractivity contribution in [1.82, 2.24) is 0 Å². The van der Waals surface area contributed by atoms with Crippen molar-refractivity contribution >= 4 is 17.9 Å².